The summed E-state index contributed by atoms with van der Waals surface area (Å²) in [6, 6.07) is 0.118. The fourth-order valence-corrected chi connectivity index (χ4v) is 3.10. The van der Waals surface area contributed by atoms with Crippen molar-refractivity contribution in [3.63, 3.8) is 0 Å². The zero-order valence-corrected chi connectivity index (χ0v) is 10.9. The van der Waals surface area contributed by atoms with Crippen molar-refractivity contribution in [1.29, 1.82) is 0 Å². The second-order valence-corrected chi connectivity index (χ2v) is 5.46. The molecule has 20 heavy (non-hydrogen) atoms. The van der Waals surface area contributed by atoms with Gasteiger partial charge in [-0.3, -0.25) is 39.6 Å². The van der Waals surface area contributed by atoms with Gasteiger partial charge in [-0.05, 0) is 12.8 Å². The maximum atomic E-state index is 11.4. The summed E-state index contributed by atoms with van der Waals surface area (Å²) in [5, 5.41) is 4.54. The lowest BCUT2D eigenvalue weighted by Gasteiger charge is -2.50. The van der Waals surface area contributed by atoms with Crippen LogP contribution in [-0.4, -0.2) is 71.7 Å². The second kappa shape index (κ2) is 4.95. The van der Waals surface area contributed by atoms with Crippen LogP contribution in [0, 0.1) is 0 Å². The molecule has 3 aliphatic rings. The third-order valence-electron chi connectivity index (χ3n) is 4.08. The lowest BCUT2D eigenvalue weighted by molar-refractivity contribution is -0.144. The highest BCUT2D eigenvalue weighted by Gasteiger charge is 2.43. The molecule has 0 aromatic rings. The molecule has 2 atom stereocenters. The summed E-state index contributed by atoms with van der Waals surface area (Å²) < 4.78 is 0. The van der Waals surface area contributed by atoms with Gasteiger partial charge in [-0.1, -0.05) is 0 Å². The van der Waals surface area contributed by atoms with Crippen molar-refractivity contribution < 1.29 is 19.2 Å². The van der Waals surface area contributed by atoms with Crippen LogP contribution >= 0.6 is 0 Å². The summed E-state index contributed by atoms with van der Waals surface area (Å²) in [4.78, 5) is 49.3. The molecule has 0 unspecified atom stereocenters. The third kappa shape index (κ3) is 2.44. The number of hydrogen-bond donors (Lipinski definition) is 2. The summed E-state index contributed by atoms with van der Waals surface area (Å²) >= 11 is 0. The van der Waals surface area contributed by atoms with Gasteiger partial charge in [-0.25, -0.2) is 0 Å². The number of carbonyl (C=O) groups excluding carboxylic acids is 4. The molecule has 108 valence electrons. The summed E-state index contributed by atoms with van der Waals surface area (Å²) in [5.74, 6) is -1.17. The van der Waals surface area contributed by atoms with E-state index in [1.807, 2.05) is 9.80 Å². The van der Waals surface area contributed by atoms with E-state index >= 15 is 0 Å². The van der Waals surface area contributed by atoms with Crippen molar-refractivity contribution in [2.24, 2.45) is 0 Å². The van der Waals surface area contributed by atoms with E-state index < -0.39 is 0 Å². The van der Waals surface area contributed by atoms with E-state index in [2.05, 4.69) is 10.6 Å². The summed E-state index contributed by atoms with van der Waals surface area (Å²) in [7, 11) is 0. The molecule has 1 saturated carbocycles. The highest BCUT2D eigenvalue weighted by Crippen LogP contribution is 2.31. The molecule has 0 aromatic carbocycles. The third-order valence-corrected chi connectivity index (χ3v) is 4.08. The van der Waals surface area contributed by atoms with E-state index in [1.54, 1.807) is 0 Å². The average Bonchev–Trinajstić information content (AvgIpc) is 2.23. The minimum Gasteiger partial charge on any atom is -0.294 e. The SMILES string of the molecule is O=C1CN([C@H]2CC[C@@H]2N2CC(=O)NC(=O)C2)CC(=O)N1. The van der Waals surface area contributed by atoms with Gasteiger partial charge in [0.15, 0.2) is 0 Å². The minimum atomic E-state index is -0.292. The van der Waals surface area contributed by atoms with Crippen molar-refractivity contribution >= 4 is 23.6 Å². The number of carbonyl (C=O) groups is 4. The quantitative estimate of drug-likeness (QED) is 0.540. The van der Waals surface area contributed by atoms with E-state index in [0.29, 0.717) is 0 Å². The molecule has 3 rings (SSSR count). The van der Waals surface area contributed by atoms with Gasteiger partial charge in [-0.2, -0.15) is 0 Å². The highest BCUT2D eigenvalue weighted by atomic mass is 16.2. The maximum Gasteiger partial charge on any atom is 0.240 e. The summed E-state index contributed by atoms with van der Waals surface area (Å²) in [5.41, 5.74) is 0. The number of hydrogen-bond acceptors (Lipinski definition) is 6. The highest BCUT2D eigenvalue weighted by molar-refractivity contribution is 6.00. The average molecular weight is 280 g/mol. The van der Waals surface area contributed by atoms with E-state index in [4.69, 9.17) is 0 Å². The van der Waals surface area contributed by atoms with Crippen molar-refractivity contribution in [3.05, 3.63) is 0 Å². The molecule has 2 heterocycles. The minimum absolute atomic E-state index is 0.0590. The Morgan fingerprint density at radius 2 is 0.950 bits per heavy atom. The number of amides is 4. The molecule has 0 aromatic heterocycles. The lowest BCUT2D eigenvalue weighted by Crippen LogP contribution is -2.66. The van der Waals surface area contributed by atoms with E-state index in [1.165, 1.54) is 0 Å². The van der Waals surface area contributed by atoms with Gasteiger partial charge >= 0.3 is 0 Å². The molecule has 2 N–H and O–H groups in total. The summed E-state index contributed by atoms with van der Waals surface area (Å²) in [6.45, 7) is 0.781. The monoisotopic (exact) mass is 280 g/mol. The van der Waals surface area contributed by atoms with Crippen LogP contribution in [0.5, 0.6) is 0 Å². The van der Waals surface area contributed by atoms with Gasteiger partial charge in [0.1, 0.15) is 0 Å². The van der Waals surface area contributed by atoms with Crippen LogP contribution in [-0.2, 0) is 19.2 Å². The molecule has 0 spiro atoms. The van der Waals surface area contributed by atoms with Crippen LogP contribution in [0.2, 0.25) is 0 Å². The molecular weight excluding hydrogens is 264 g/mol. The smallest absolute Gasteiger partial charge is 0.240 e. The lowest BCUT2D eigenvalue weighted by atomic mass is 9.83. The number of rotatable bonds is 2. The first kappa shape index (κ1) is 13.2. The zero-order valence-electron chi connectivity index (χ0n) is 10.9. The zero-order chi connectivity index (χ0) is 14.3. The first-order valence-corrected chi connectivity index (χ1v) is 6.66. The largest absolute Gasteiger partial charge is 0.294 e. The van der Waals surface area contributed by atoms with Crippen molar-refractivity contribution in [3.8, 4) is 0 Å². The molecule has 2 aliphatic heterocycles. The van der Waals surface area contributed by atoms with E-state index in [-0.39, 0.29) is 61.9 Å². The standard InChI is InChI=1S/C12H16N4O4/c17-9-3-15(4-10(18)13-9)7-1-2-8(7)16-5-11(19)14-12(20)6-16/h7-8H,1-6H2,(H,13,17,18)(H,14,19,20)/t7-,8-/m0/s1. The molecular formula is C12H16N4O4. The van der Waals surface area contributed by atoms with Crippen LogP contribution in [0.1, 0.15) is 12.8 Å². The fourth-order valence-electron chi connectivity index (χ4n) is 3.10. The molecule has 4 amide bonds. The van der Waals surface area contributed by atoms with Gasteiger partial charge < -0.3 is 0 Å². The van der Waals surface area contributed by atoms with Gasteiger partial charge in [0.25, 0.3) is 0 Å². The number of nitrogens with zero attached hydrogens (tertiary/aromatic N) is 2. The van der Waals surface area contributed by atoms with E-state index in [0.717, 1.165) is 12.8 Å². The van der Waals surface area contributed by atoms with Crippen molar-refractivity contribution in [2.75, 3.05) is 26.2 Å². The first-order valence-electron chi connectivity index (χ1n) is 6.66. The fraction of sp³-hybridized carbons (Fsp3) is 0.667. The second-order valence-electron chi connectivity index (χ2n) is 5.46. The van der Waals surface area contributed by atoms with Gasteiger partial charge in [0.05, 0.1) is 26.2 Å². The molecule has 0 bridgehead atoms. The molecule has 0 radical (unpaired) electrons. The number of imide groups is 2. The predicted octanol–water partition coefficient (Wildman–Crippen LogP) is -2.57. The first-order chi connectivity index (χ1) is 9.52. The van der Waals surface area contributed by atoms with Crippen LogP contribution in [0.3, 0.4) is 0 Å². The predicted molar refractivity (Wildman–Crippen MR) is 66.3 cm³/mol. The van der Waals surface area contributed by atoms with Crippen LogP contribution in [0.25, 0.3) is 0 Å². The molecule has 2 saturated heterocycles. The Balaban J connectivity index is 1.66. The van der Waals surface area contributed by atoms with Crippen molar-refractivity contribution in [2.45, 2.75) is 24.9 Å². The van der Waals surface area contributed by atoms with Crippen LogP contribution in [0.15, 0.2) is 0 Å². The Labute approximate surface area is 115 Å². The van der Waals surface area contributed by atoms with Gasteiger partial charge in [-0.15, -0.1) is 0 Å². The molecule has 1 aliphatic carbocycles. The van der Waals surface area contributed by atoms with Gasteiger partial charge in [0, 0.05) is 12.1 Å². The molecule has 8 heteroatoms. The Hall–Kier alpha value is -1.80. The van der Waals surface area contributed by atoms with E-state index in [9.17, 15) is 19.2 Å². The van der Waals surface area contributed by atoms with Crippen molar-refractivity contribution in [1.82, 2.24) is 20.4 Å². The Bertz CT molecular complexity index is 416. The van der Waals surface area contributed by atoms with Gasteiger partial charge in [0.2, 0.25) is 23.6 Å². The Kier molecular flexibility index (Phi) is 3.27. The summed E-state index contributed by atoms with van der Waals surface area (Å²) in [6.07, 6.45) is 1.75. The topological polar surface area (TPSA) is 98.8 Å². The van der Waals surface area contributed by atoms with Crippen LogP contribution < -0.4 is 10.6 Å². The Morgan fingerprint density at radius 3 is 1.20 bits per heavy atom. The Morgan fingerprint density at radius 1 is 0.650 bits per heavy atom. The van der Waals surface area contributed by atoms with Crippen LogP contribution in [0.4, 0.5) is 0 Å². The molecule has 3 fully saturated rings. The maximum absolute atomic E-state index is 11.4. The number of nitrogens with one attached hydrogen (secondary N) is 2. The molecule has 8 nitrogen and oxygen atoms in total. The number of piperazine rings is 2. The normalized spacial score (nSPS) is 32.6.